The van der Waals surface area contributed by atoms with Gasteiger partial charge >= 0.3 is 0 Å². The van der Waals surface area contributed by atoms with Crippen LogP contribution in [0.5, 0.6) is 0 Å². The molecule has 0 aromatic heterocycles. The molecule has 0 heterocycles. The fourth-order valence-corrected chi connectivity index (χ4v) is 0.874. The summed E-state index contributed by atoms with van der Waals surface area (Å²) in [5, 5.41) is 0. The smallest absolute Gasteiger partial charge is 0.211 e. The highest BCUT2D eigenvalue weighted by atomic mass is 19.3. The van der Waals surface area contributed by atoms with Crippen molar-refractivity contribution >= 4 is 0 Å². The van der Waals surface area contributed by atoms with E-state index in [1.54, 1.807) is 0 Å². The largest absolute Gasteiger partial charge is 0.238 e. The van der Waals surface area contributed by atoms with Gasteiger partial charge in [-0.1, -0.05) is 26.7 Å². The van der Waals surface area contributed by atoms with Crippen LogP contribution in [-0.2, 0) is 0 Å². The minimum Gasteiger partial charge on any atom is -0.211 e. The number of rotatable bonds is 4. The molecule has 0 N–H and O–H groups in total. The van der Waals surface area contributed by atoms with E-state index in [0.717, 1.165) is 12.8 Å². The quantitative estimate of drug-likeness (QED) is 0.557. The van der Waals surface area contributed by atoms with Gasteiger partial charge < -0.3 is 0 Å². The molecule has 0 saturated heterocycles. The predicted molar refractivity (Wildman–Crippen MR) is 34.7 cm³/mol. The third-order valence-corrected chi connectivity index (χ3v) is 1.67. The Morgan fingerprint density at radius 3 is 1.67 bits per heavy atom. The summed E-state index contributed by atoms with van der Waals surface area (Å²) in [5.41, 5.74) is 0. The number of halogens is 2. The third-order valence-electron chi connectivity index (χ3n) is 1.67. The second kappa shape index (κ2) is 4.71. The number of alkyl halides is 2. The van der Waals surface area contributed by atoms with Gasteiger partial charge in [0.1, 0.15) is 0 Å². The van der Waals surface area contributed by atoms with Gasteiger partial charge in [0.2, 0.25) is 6.43 Å². The predicted octanol–water partition coefficient (Wildman–Crippen LogP) is 3.08. The van der Waals surface area contributed by atoms with Gasteiger partial charge in [0.05, 0.1) is 0 Å². The van der Waals surface area contributed by atoms with Crippen LogP contribution in [0.3, 0.4) is 0 Å². The molecule has 2 heteroatoms. The van der Waals surface area contributed by atoms with Crippen LogP contribution in [-0.4, -0.2) is 6.43 Å². The fraction of sp³-hybridized carbons (Fsp3) is 1.00. The Labute approximate surface area is 55.3 Å². The van der Waals surface area contributed by atoms with Crippen LogP contribution >= 0.6 is 0 Å². The minimum atomic E-state index is -2.12. The van der Waals surface area contributed by atoms with E-state index in [4.69, 9.17) is 0 Å². The molecule has 9 heavy (non-hydrogen) atoms. The van der Waals surface area contributed by atoms with Crippen molar-refractivity contribution < 1.29 is 8.78 Å². The van der Waals surface area contributed by atoms with Gasteiger partial charge in [0.15, 0.2) is 0 Å². The molecule has 0 aromatic rings. The Kier molecular flexibility index (Phi) is 4.64. The molecule has 0 aromatic carbocycles. The highest BCUT2D eigenvalue weighted by molar-refractivity contribution is 4.55. The van der Waals surface area contributed by atoms with E-state index >= 15 is 0 Å². The third kappa shape index (κ3) is 4.37. The van der Waals surface area contributed by atoms with Gasteiger partial charge in [-0.25, -0.2) is 8.78 Å². The van der Waals surface area contributed by atoms with Crippen molar-refractivity contribution in [3.05, 3.63) is 0 Å². The van der Waals surface area contributed by atoms with Gasteiger partial charge in [0, 0.05) is 6.42 Å². The van der Waals surface area contributed by atoms with Crippen LogP contribution in [0.2, 0.25) is 0 Å². The maximum Gasteiger partial charge on any atom is 0.238 e. The van der Waals surface area contributed by atoms with Crippen molar-refractivity contribution in [2.75, 3.05) is 0 Å². The van der Waals surface area contributed by atoms with Crippen LogP contribution in [0, 0.1) is 5.92 Å². The average molecular weight is 136 g/mol. The second-order valence-corrected chi connectivity index (χ2v) is 2.31. The molecule has 0 atom stereocenters. The lowest BCUT2D eigenvalue weighted by molar-refractivity contribution is 0.112. The average Bonchev–Trinajstić information content (AvgIpc) is 1.82. The van der Waals surface area contributed by atoms with Gasteiger partial charge in [-0.3, -0.25) is 0 Å². The van der Waals surface area contributed by atoms with E-state index < -0.39 is 6.43 Å². The van der Waals surface area contributed by atoms with Crippen LogP contribution in [0.15, 0.2) is 0 Å². The molecular weight excluding hydrogens is 122 g/mol. The molecule has 0 spiro atoms. The summed E-state index contributed by atoms with van der Waals surface area (Å²) in [6, 6.07) is 0. The zero-order valence-corrected chi connectivity index (χ0v) is 6.03. The Morgan fingerprint density at radius 2 is 1.56 bits per heavy atom. The van der Waals surface area contributed by atoms with Crippen LogP contribution < -0.4 is 0 Å². The lowest BCUT2D eigenvalue weighted by Crippen LogP contribution is -2.02. The molecule has 0 aliphatic carbocycles. The molecule has 56 valence electrons. The summed E-state index contributed by atoms with van der Waals surface area (Å²) >= 11 is 0. The summed E-state index contributed by atoms with van der Waals surface area (Å²) in [5.74, 6) is 0.227. The lowest BCUT2D eigenvalue weighted by atomic mass is 10.0. The Hall–Kier alpha value is -0.140. The highest BCUT2D eigenvalue weighted by Gasteiger charge is 2.10. The topological polar surface area (TPSA) is 0 Å². The van der Waals surface area contributed by atoms with Gasteiger partial charge in [0.25, 0.3) is 0 Å². The molecule has 0 radical (unpaired) electrons. The Morgan fingerprint density at radius 1 is 1.11 bits per heavy atom. The summed E-state index contributed by atoms with van der Waals surface area (Å²) in [6.45, 7) is 3.91. The molecule has 0 aliphatic heterocycles. The van der Waals surface area contributed by atoms with E-state index in [1.807, 2.05) is 13.8 Å². The first-order valence-corrected chi connectivity index (χ1v) is 3.48. The van der Waals surface area contributed by atoms with Crippen molar-refractivity contribution in [1.29, 1.82) is 0 Å². The van der Waals surface area contributed by atoms with Gasteiger partial charge in [-0.05, 0) is 5.92 Å². The van der Waals surface area contributed by atoms with Crippen molar-refractivity contribution in [3.63, 3.8) is 0 Å². The molecular formula is C7H14F2. The van der Waals surface area contributed by atoms with Crippen LogP contribution in [0.25, 0.3) is 0 Å². The molecule has 0 rings (SSSR count). The monoisotopic (exact) mass is 136 g/mol. The molecule has 0 amide bonds. The van der Waals surface area contributed by atoms with Crippen molar-refractivity contribution in [2.45, 2.75) is 39.5 Å². The fourth-order valence-electron chi connectivity index (χ4n) is 0.874. The molecule has 0 nitrogen and oxygen atoms in total. The van der Waals surface area contributed by atoms with E-state index in [1.165, 1.54) is 0 Å². The molecule has 0 saturated carbocycles. The lowest BCUT2D eigenvalue weighted by Gasteiger charge is -2.09. The van der Waals surface area contributed by atoms with Crippen LogP contribution in [0.4, 0.5) is 8.78 Å². The first-order valence-electron chi connectivity index (χ1n) is 3.48. The van der Waals surface area contributed by atoms with E-state index in [9.17, 15) is 8.78 Å². The summed E-state index contributed by atoms with van der Waals surface area (Å²) in [4.78, 5) is 0. The first-order chi connectivity index (χ1) is 4.20. The normalized spacial score (nSPS) is 11.3. The van der Waals surface area contributed by atoms with Crippen LogP contribution in [0.1, 0.15) is 33.1 Å². The molecule has 0 bridgehead atoms. The van der Waals surface area contributed by atoms with E-state index in [-0.39, 0.29) is 12.3 Å². The van der Waals surface area contributed by atoms with Gasteiger partial charge in [-0.2, -0.15) is 0 Å². The SMILES string of the molecule is CCC(CC)CC(F)F. The maximum absolute atomic E-state index is 11.7. The summed E-state index contributed by atoms with van der Waals surface area (Å²) in [7, 11) is 0. The Balaban J connectivity index is 3.31. The zero-order valence-electron chi connectivity index (χ0n) is 6.03. The molecule has 0 unspecified atom stereocenters. The second-order valence-electron chi connectivity index (χ2n) is 2.31. The van der Waals surface area contributed by atoms with Crippen molar-refractivity contribution in [2.24, 2.45) is 5.92 Å². The van der Waals surface area contributed by atoms with Crippen molar-refractivity contribution in [1.82, 2.24) is 0 Å². The number of hydrogen-bond acceptors (Lipinski definition) is 0. The molecule has 0 fully saturated rings. The zero-order chi connectivity index (χ0) is 7.28. The highest BCUT2D eigenvalue weighted by Crippen LogP contribution is 2.16. The maximum atomic E-state index is 11.7. The van der Waals surface area contributed by atoms with E-state index in [2.05, 4.69) is 0 Å². The summed E-state index contributed by atoms with van der Waals surface area (Å²) in [6.07, 6.45) is -0.288. The molecule has 0 aliphatic rings. The first kappa shape index (κ1) is 8.86. The van der Waals surface area contributed by atoms with Crippen molar-refractivity contribution in [3.8, 4) is 0 Å². The minimum absolute atomic E-state index is 0.0764. The summed E-state index contributed by atoms with van der Waals surface area (Å²) < 4.78 is 23.3. The standard InChI is InChI=1S/C7H14F2/c1-3-6(4-2)5-7(8)9/h6-7H,3-5H2,1-2H3. The van der Waals surface area contributed by atoms with Gasteiger partial charge in [-0.15, -0.1) is 0 Å². The Bertz CT molecular complexity index is 57.9. The number of hydrogen-bond donors (Lipinski definition) is 0. The van der Waals surface area contributed by atoms with E-state index in [0.29, 0.717) is 0 Å².